The van der Waals surface area contributed by atoms with E-state index in [1.54, 1.807) is 18.5 Å². The summed E-state index contributed by atoms with van der Waals surface area (Å²) in [5, 5.41) is 0. The molecule has 0 bridgehead atoms. The Labute approximate surface area is 102 Å². The SMILES string of the molecule is Fc1ccc(Cc2nc3ccncc3[nH]2)c(F)c1. The number of halogens is 2. The highest BCUT2D eigenvalue weighted by Crippen LogP contribution is 2.15. The van der Waals surface area contributed by atoms with Gasteiger partial charge in [-0.25, -0.2) is 13.8 Å². The zero-order chi connectivity index (χ0) is 12.5. The molecule has 0 unspecified atom stereocenters. The maximum absolute atomic E-state index is 13.5. The first-order chi connectivity index (χ1) is 8.72. The Morgan fingerprint density at radius 3 is 2.83 bits per heavy atom. The number of hydrogen-bond donors (Lipinski definition) is 1. The third-order valence-corrected chi connectivity index (χ3v) is 2.71. The van der Waals surface area contributed by atoms with Gasteiger partial charge in [0.05, 0.1) is 17.2 Å². The molecular weight excluding hydrogens is 236 g/mol. The Balaban J connectivity index is 1.96. The summed E-state index contributed by atoms with van der Waals surface area (Å²) in [6.45, 7) is 0. The van der Waals surface area contributed by atoms with Gasteiger partial charge >= 0.3 is 0 Å². The molecule has 3 rings (SSSR count). The second-order valence-corrected chi connectivity index (χ2v) is 3.99. The van der Waals surface area contributed by atoms with E-state index < -0.39 is 11.6 Å². The number of benzene rings is 1. The van der Waals surface area contributed by atoms with Gasteiger partial charge in [-0.15, -0.1) is 0 Å². The molecule has 0 saturated heterocycles. The molecule has 1 aromatic carbocycles. The Kier molecular flexibility index (Phi) is 2.51. The average molecular weight is 245 g/mol. The lowest BCUT2D eigenvalue weighted by molar-refractivity contribution is 0.574. The van der Waals surface area contributed by atoms with Crippen LogP contribution in [0.1, 0.15) is 11.4 Å². The van der Waals surface area contributed by atoms with Crippen LogP contribution < -0.4 is 0 Å². The molecule has 0 aliphatic rings. The third-order valence-electron chi connectivity index (χ3n) is 2.71. The van der Waals surface area contributed by atoms with Crippen molar-refractivity contribution in [3.05, 3.63) is 59.7 Å². The lowest BCUT2D eigenvalue weighted by Crippen LogP contribution is -1.95. The van der Waals surface area contributed by atoms with Crippen molar-refractivity contribution in [3.63, 3.8) is 0 Å². The minimum Gasteiger partial charge on any atom is -0.340 e. The second-order valence-electron chi connectivity index (χ2n) is 3.99. The van der Waals surface area contributed by atoms with Crippen LogP contribution >= 0.6 is 0 Å². The van der Waals surface area contributed by atoms with E-state index in [9.17, 15) is 8.78 Å². The van der Waals surface area contributed by atoms with Crippen molar-refractivity contribution in [2.24, 2.45) is 0 Å². The van der Waals surface area contributed by atoms with Gasteiger partial charge in [0, 0.05) is 18.7 Å². The van der Waals surface area contributed by atoms with Crippen LogP contribution in [0.5, 0.6) is 0 Å². The predicted molar refractivity (Wildman–Crippen MR) is 63.1 cm³/mol. The number of nitrogens with one attached hydrogen (secondary N) is 1. The van der Waals surface area contributed by atoms with Crippen LogP contribution in [-0.2, 0) is 6.42 Å². The number of nitrogens with zero attached hydrogens (tertiary/aromatic N) is 2. The highest BCUT2D eigenvalue weighted by Gasteiger charge is 2.08. The van der Waals surface area contributed by atoms with Crippen molar-refractivity contribution in [2.45, 2.75) is 6.42 Å². The summed E-state index contributed by atoms with van der Waals surface area (Å²) in [7, 11) is 0. The molecule has 0 radical (unpaired) electrons. The van der Waals surface area contributed by atoms with Gasteiger partial charge in [-0.3, -0.25) is 4.98 Å². The molecule has 18 heavy (non-hydrogen) atoms. The van der Waals surface area contributed by atoms with Gasteiger partial charge < -0.3 is 4.98 Å². The van der Waals surface area contributed by atoms with Crippen LogP contribution in [0.2, 0.25) is 0 Å². The number of H-pyrrole nitrogens is 1. The van der Waals surface area contributed by atoms with E-state index in [-0.39, 0.29) is 0 Å². The summed E-state index contributed by atoms with van der Waals surface area (Å²) >= 11 is 0. The first-order valence-corrected chi connectivity index (χ1v) is 5.45. The summed E-state index contributed by atoms with van der Waals surface area (Å²) in [5.74, 6) is -0.512. The van der Waals surface area contributed by atoms with E-state index in [4.69, 9.17) is 0 Å². The molecule has 3 aromatic rings. The van der Waals surface area contributed by atoms with Crippen molar-refractivity contribution in [3.8, 4) is 0 Å². The van der Waals surface area contributed by atoms with Gasteiger partial charge in [-0.05, 0) is 17.7 Å². The number of aromatic nitrogens is 3. The zero-order valence-electron chi connectivity index (χ0n) is 9.32. The van der Waals surface area contributed by atoms with Crippen LogP contribution in [0.3, 0.4) is 0 Å². The number of rotatable bonds is 2. The highest BCUT2D eigenvalue weighted by molar-refractivity contribution is 5.73. The van der Waals surface area contributed by atoms with E-state index in [2.05, 4.69) is 15.0 Å². The van der Waals surface area contributed by atoms with E-state index >= 15 is 0 Å². The average Bonchev–Trinajstić information content (AvgIpc) is 2.75. The standard InChI is InChI=1S/C13H9F2N3/c14-9-2-1-8(10(15)6-9)5-13-17-11-3-4-16-7-12(11)18-13/h1-4,6-7H,5H2,(H,17,18). The van der Waals surface area contributed by atoms with Gasteiger partial charge in [0.15, 0.2) is 0 Å². The second kappa shape index (κ2) is 4.18. The summed E-state index contributed by atoms with van der Waals surface area (Å²) in [6.07, 6.45) is 3.60. The smallest absolute Gasteiger partial charge is 0.129 e. The molecule has 0 aliphatic carbocycles. The topological polar surface area (TPSA) is 41.6 Å². The Morgan fingerprint density at radius 2 is 2.06 bits per heavy atom. The fourth-order valence-corrected chi connectivity index (χ4v) is 1.84. The first kappa shape index (κ1) is 10.8. The lowest BCUT2D eigenvalue weighted by Gasteiger charge is -2.00. The van der Waals surface area contributed by atoms with Gasteiger partial charge in [-0.1, -0.05) is 6.07 Å². The van der Waals surface area contributed by atoms with Crippen LogP contribution in [0.15, 0.2) is 36.7 Å². The Bertz CT molecular complexity index is 673. The number of pyridine rings is 1. The Hall–Kier alpha value is -2.30. The summed E-state index contributed by atoms with van der Waals surface area (Å²) in [6, 6.07) is 5.31. The molecular formula is C13H9F2N3. The minimum absolute atomic E-state index is 0.292. The van der Waals surface area contributed by atoms with Crippen molar-refractivity contribution < 1.29 is 8.78 Å². The molecule has 90 valence electrons. The number of aromatic amines is 1. The molecule has 0 aliphatic heterocycles. The summed E-state index contributed by atoms with van der Waals surface area (Å²) < 4.78 is 26.3. The first-order valence-electron chi connectivity index (χ1n) is 5.45. The van der Waals surface area contributed by atoms with E-state index in [1.807, 2.05) is 0 Å². The van der Waals surface area contributed by atoms with Crippen LogP contribution in [0.25, 0.3) is 11.0 Å². The van der Waals surface area contributed by atoms with Crippen LogP contribution in [0.4, 0.5) is 8.78 Å². The van der Waals surface area contributed by atoms with Crippen molar-refractivity contribution in [1.29, 1.82) is 0 Å². The van der Waals surface area contributed by atoms with Crippen molar-refractivity contribution in [2.75, 3.05) is 0 Å². The predicted octanol–water partition coefficient (Wildman–Crippen LogP) is 2.83. The van der Waals surface area contributed by atoms with Crippen LogP contribution in [0, 0.1) is 11.6 Å². The zero-order valence-corrected chi connectivity index (χ0v) is 9.32. The molecule has 0 fully saturated rings. The highest BCUT2D eigenvalue weighted by atomic mass is 19.1. The summed E-state index contributed by atoms with van der Waals surface area (Å²) in [5.41, 5.74) is 1.99. The van der Waals surface area contributed by atoms with Crippen molar-refractivity contribution >= 4 is 11.0 Å². The maximum Gasteiger partial charge on any atom is 0.129 e. The van der Waals surface area contributed by atoms with E-state index in [0.29, 0.717) is 17.8 Å². The third kappa shape index (κ3) is 1.95. The molecule has 2 aromatic heterocycles. The number of hydrogen-bond acceptors (Lipinski definition) is 2. The molecule has 0 amide bonds. The summed E-state index contributed by atoms with van der Waals surface area (Å²) in [4.78, 5) is 11.3. The number of fused-ring (bicyclic) bond motifs is 1. The fourth-order valence-electron chi connectivity index (χ4n) is 1.84. The fraction of sp³-hybridized carbons (Fsp3) is 0.0769. The molecule has 2 heterocycles. The van der Waals surface area contributed by atoms with Crippen LogP contribution in [-0.4, -0.2) is 15.0 Å². The molecule has 0 atom stereocenters. The number of imidazole rings is 1. The van der Waals surface area contributed by atoms with Gasteiger partial charge in [-0.2, -0.15) is 0 Å². The van der Waals surface area contributed by atoms with E-state index in [1.165, 1.54) is 12.1 Å². The maximum atomic E-state index is 13.5. The van der Waals surface area contributed by atoms with Gasteiger partial charge in [0.25, 0.3) is 0 Å². The largest absolute Gasteiger partial charge is 0.340 e. The molecule has 0 saturated carbocycles. The van der Waals surface area contributed by atoms with E-state index in [0.717, 1.165) is 17.1 Å². The van der Waals surface area contributed by atoms with Crippen molar-refractivity contribution in [1.82, 2.24) is 15.0 Å². The molecule has 3 nitrogen and oxygen atoms in total. The molecule has 5 heteroatoms. The molecule has 1 N–H and O–H groups in total. The minimum atomic E-state index is -0.579. The monoisotopic (exact) mass is 245 g/mol. The van der Waals surface area contributed by atoms with Gasteiger partial charge in [0.1, 0.15) is 17.5 Å². The van der Waals surface area contributed by atoms with Gasteiger partial charge in [0.2, 0.25) is 0 Å². The normalized spacial score (nSPS) is 11.0. The lowest BCUT2D eigenvalue weighted by atomic mass is 10.1. The molecule has 0 spiro atoms. The quantitative estimate of drug-likeness (QED) is 0.754. The Morgan fingerprint density at radius 1 is 1.17 bits per heavy atom.